The molecule has 0 aliphatic heterocycles. The van der Waals surface area contributed by atoms with Gasteiger partial charge in [0, 0.05) is 0 Å². The minimum Gasteiger partial charge on any atom is -0.0683 e. The third kappa shape index (κ3) is 4.53. The van der Waals surface area contributed by atoms with Gasteiger partial charge in [-0.05, 0) is 41.4 Å². The topological polar surface area (TPSA) is 0 Å². The number of hydrogen-bond donors (Lipinski definition) is 0. The lowest BCUT2D eigenvalue weighted by molar-refractivity contribution is 0.531. The van der Waals surface area contributed by atoms with E-state index >= 15 is 0 Å². The molecule has 0 spiro atoms. The van der Waals surface area contributed by atoms with E-state index in [0.717, 1.165) is 18.8 Å². The van der Waals surface area contributed by atoms with Crippen LogP contribution in [-0.4, -0.2) is 0 Å². The Morgan fingerprint density at radius 1 is 0.941 bits per heavy atom. The maximum Gasteiger partial charge on any atom is -0.0165 e. The van der Waals surface area contributed by atoms with Crippen molar-refractivity contribution < 1.29 is 0 Å². The predicted molar refractivity (Wildman–Crippen MR) is 79.8 cm³/mol. The van der Waals surface area contributed by atoms with Gasteiger partial charge in [-0.25, -0.2) is 0 Å². The predicted octanol–water partition coefficient (Wildman–Crippen LogP) is 5.60. The molecule has 1 aromatic rings. The van der Waals surface area contributed by atoms with E-state index in [-0.39, 0.29) is 0 Å². The van der Waals surface area contributed by atoms with Gasteiger partial charge in [-0.1, -0.05) is 66.7 Å². The molecule has 17 heavy (non-hydrogen) atoms. The highest BCUT2D eigenvalue weighted by Crippen LogP contribution is 2.27. The van der Waals surface area contributed by atoms with Gasteiger partial charge in [0.1, 0.15) is 0 Å². The van der Waals surface area contributed by atoms with Crippen LogP contribution in [0.4, 0.5) is 0 Å². The van der Waals surface area contributed by atoms with Crippen LogP contribution in [0.15, 0.2) is 18.2 Å². The molecule has 0 aromatic heterocycles. The summed E-state index contributed by atoms with van der Waals surface area (Å²) < 4.78 is 0. The first-order chi connectivity index (χ1) is 8.10. The second kappa shape index (κ2) is 8.33. The Labute approximate surface area is 108 Å². The molecule has 0 fully saturated rings. The van der Waals surface area contributed by atoms with E-state index in [4.69, 9.17) is 0 Å². The second-order valence-electron chi connectivity index (χ2n) is 4.77. The fraction of sp³-hybridized carbons (Fsp3) is 0.647. The van der Waals surface area contributed by atoms with Crippen molar-refractivity contribution in [1.82, 2.24) is 0 Å². The third-order valence-corrected chi connectivity index (χ3v) is 3.49. The second-order valence-corrected chi connectivity index (χ2v) is 4.77. The van der Waals surface area contributed by atoms with Crippen LogP contribution >= 0.6 is 0 Å². The lowest BCUT2D eigenvalue weighted by Crippen LogP contribution is -2.05. The minimum atomic E-state index is 0.672. The van der Waals surface area contributed by atoms with Gasteiger partial charge in [0.05, 0.1) is 0 Å². The van der Waals surface area contributed by atoms with Crippen molar-refractivity contribution in [3.05, 3.63) is 34.9 Å². The number of rotatable bonds is 4. The molecular weight excluding hydrogens is 204 g/mol. The molecule has 0 bridgehead atoms. The SMILES string of the molecule is CC.CCc1ccc(C(C)C(C)C)c(CC)c1. The first-order valence-corrected chi connectivity index (χ1v) is 7.21. The highest BCUT2D eigenvalue weighted by molar-refractivity contribution is 5.34. The maximum atomic E-state index is 2.38. The number of aryl methyl sites for hydroxylation is 2. The fourth-order valence-corrected chi connectivity index (χ4v) is 1.99. The van der Waals surface area contributed by atoms with Gasteiger partial charge in [0.15, 0.2) is 0 Å². The summed E-state index contributed by atoms with van der Waals surface area (Å²) in [4.78, 5) is 0. The van der Waals surface area contributed by atoms with Gasteiger partial charge >= 0.3 is 0 Å². The van der Waals surface area contributed by atoms with Gasteiger partial charge < -0.3 is 0 Å². The van der Waals surface area contributed by atoms with Crippen molar-refractivity contribution in [2.45, 2.75) is 67.2 Å². The molecule has 0 radical (unpaired) electrons. The summed E-state index contributed by atoms with van der Waals surface area (Å²) in [6.07, 6.45) is 2.30. The number of benzene rings is 1. The van der Waals surface area contributed by atoms with Gasteiger partial charge in [-0.2, -0.15) is 0 Å². The average molecular weight is 234 g/mol. The summed E-state index contributed by atoms with van der Waals surface area (Å²) in [5, 5.41) is 0. The van der Waals surface area contributed by atoms with Crippen LogP contribution in [0.2, 0.25) is 0 Å². The van der Waals surface area contributed by atoms with E-state index in [0.29, 0.717) is 5.92 Å². The first kappa shape index (κ1) is 16.2. The van der Waals surface area contributed by atoms with E-state index in [2.05, 4.69) is 52.8 Å². The lowest BCUT2D eigenvalue weighted by Gasteiger charge is -2.20. The van der Waals surface area contributed by atoms with E-state index in [1.165, 1.54) is 11.1 Å². The fourth-order valence-electron chi connectivity index (χ4n) is 1.99. The first-order valence-electron chi connectivity index (χ1n) is 7.21. The molecule has 0 nitrogen and oxygen atoms in total. The zero-order valence-electron chi connectivity index (χ0n) is 12.8. The average Bonchev–Trinajstić information content (AvgIpc) is 2.39. The monoisotopic (exact) mass is 234 g/mol. The Kier molecular flexibility index (Phi) is 7.95. The summed E-state index contributed by atoms with van der Waals surface area (Å²) in [6, 6.07) is 7.00. The quantitative estimate of drug-likeness (QED) is 0.636. The van der Waals surface area contributed by atoms with Crippen LogP contribution in [0.5, 0.6) is 0 Å². The molecule has 0 saturated carbocycles. The van der Waals surface area contributed by atoms with E-state index in [1.54, 1.807) is 5.56 Å². The zero-order valence-corrected chi connectivity index (χ0v) is 12.8. The van der Waals surface area contributed by atoms with Crippen LogP contribution in [0, 0.1) is 5.92 Å². The molecular formula is C17H30. The molecule has 0 amide bonds. The normalized spacial score (nSPS) is 12.0. The molecule has 98 valence electrons. The Hall–Kier alpha value is -0.780. The summed E-state index contributed by atoms with van der Waals surface area (Å²) in [6.45, 7) is 15.4. The lowest BCUT2D eigenvalue weighted by atomic mass is 9.85. The van der Waals surface area contributed by atoms with Crippen molar-refractivity contribution >= 4 is 0 Å². The van der Waals surface area contributed by atoms with Crippen molar-refractivity contribution in [1.29, 1.82) is 0 Å². The summed E-state index contributed by atoms with van der Waals surface area (Å²) in [5.41, 5.74) is 4.55. The molecule has 0 heterocycles. The molecule has 0 aliphatic carbocycles. The third-order valence-electron chi connectivity index (χ3n) is 3.49. The van der Waals surface area contributed by atoms with Crippen LogP contribution in [0.25, 0.3) is 0 Å². The highest BCUT2D eigenvalue weighted by atomic mass is 14.2. The van der Waals surface area contributed by atoms with Gasteiger partial charge in [-0.3, -0.25) is 0 Å². The molecule has 1 rings (SSSR count). The number of hydrogen-bond acceptors (Lipinski definition) is 0. The molecule has 1 aromatic carbocycles. The molecule has 0 heteroatoms. The Morgan fingerprint density at radius 3 is 1.94 bits per heavy atom. The molecule has 0 N–H and O–H groups in total. The van der Waals surface area contributed by atoms with Crippen molar-refractivity contribution in [3.63, 3.8) is 0 Å². The molecule has 1 atom stereocenters. The van der Waals surface area contributed by atoms with Gasteiger partial charge in [-0.15, -0.1) is 0 Å². The Bertz CT molecular complexity index is 310. The smallest absolute Gasteiger partial charge is 0.0165 e. The van der Waals surface area contributed by atoms with Gasteiger partial charge in [0.2, 0.25) is 0 Å². The maximum absolute atomic E-state index is 2.38. The molecule has 1 unspecified atom stereocenters. The van der Waals surface area contributed by atoms with Gasteiger partial charge in [0.25, 0.3) is 0 Å². The van der Waals surface area contributed by atoms with Crippen LogP contribution < -0.4 is 0 Å². The summed E-state index contributed by atoms with van der Waals surface area (Å²) >= 11 is 0. The van der Waals surface area contributed by atoms with Crippen molar-refractivity contribution in [3.8, 4) is 0 Å². The molecule has 0 aliphatic rings. The minimum absolute atomic E-state index is 0.672. The van der Waals surface area contributed by atoms with E-state index in [9.17, 15) is 0 Å². The zero-order chi connectivity index (χ0) is 13.4. The van der Waals surface area contributed by atoms with E-state index < -0.39 is 0 Å². The van der Waals surface area contributed by atoms with E-state index in [1.807, 2.05) is 13.8 Å². The van der Waals surface area contributed by atoms with Crippen molar-refractivity contribution in [2.24, 2.45) is 5.92 Å². The van der Waals surface area contributed by atoms with Crippen LogP contribution in [-0.2, 0) is 12.8 Å². The van der Waals surface area contributed by atoms with Crippen LogP contribution in [0.1, 0.15) is 71.1 Å². The van der Waals surface area contributed by atoms with Crippen LogP contribution in [0.3, 0.4) is 0 Å². The largest absolute Gasteiger partial charge is 0.0683 e. The highest BCUT2D eigenvalue weighted by Gasteiger charge is 2.13. The summed E-state index contributed by atoms with van der Waals surface area (Å²) in [5.74, 6) is 1.40. The van der Waals surface area contributed by atoms with Crippen molar-refractivity contribution in [2.75, 3.05) is 0 Å². The Morgan fingerprint density at radius 2 is 1.53 bits per heavy atom. The standard InChI is InChI=1S/C15H24.C2H6/c1-6-13-8-9-15(12(5)11(3)4)14(7-2)10-13;1-2/h8-12H,6-7H2,1-5H3;1-2H3. The Balaban J connectivity index is 0.00000121. The summed E-state index contributed by atoms with van der Waals surface area (Å²) in [7, 11) is 0. The molecule has 0 saturated heterocycles.